The first-order valence-corrected chi connectivity index (χ1v) is 9.84. The van der Waals surface area contributed by atoms with E-state index >= 15 is 0 Å². The molecule has 0 aromatic heterocycles. The van der Waals surface area contributed by atoms with Gasteiger partial charge >= 0.3 is 0 Å². The van der Waals surface area contributed by atoms with Crippen LogP contribution in [0.3, 0.4) is 0 Å². The van der Waals surface area contributed by atoms with E-state index in [0.29, 0.717) is 26.4 Å². The zero-order valence-electron chi connectivity index (χ0n) is 16.2. The summed E-state index contributed by atoms with van der Waals surface area (Å²) in [5.74, 6) is 0. The zero-order valence-corrected chi connectivity index (χ0v) is 16.2. The second-order valence-electron chi connectivity index (χ2n) is 6.82. The molecule has 0 bridgehead atoms. The van der Waals surface area contributed by atoms with E-state index in [2.05, 4.69) is 37.4 Å². The Balaban J connectivity index is 1.75. The van der Waals surface area contributed by atoms with E-state index in [0.717, 1.165) is 59.2 Å². The molecule has 2 N–H and O–H groups in total. The van der Waals surface area contributed by atoms with Gasteiger partial charge in [-0.25, -0.2) is 0 Å². The van der Waals surface area contributed by atoms with Gasteiger partial charge in [-0.05, 0) is 0 Å². The van der Waals surface area contributed by atoms with Gasteiger partial charge in [-0.15, -0.1) is 0 Å². The molecule has 1 aliphatic rings. The van der Waals surface area contributed by atoms with Gasteiger partial charge in [0.25, 0.3) is 0 Å². The summed E-state index contributed by atoms with van der Waals surface area (Å²) in [4.78, 5) is 2.90. The number of hydrogen-bond acceptors (Lipinski definition) is 4. The monoisotopic (exact) mass is 368 g/mol. The zero-order chi connectivity index (χ0) is 18.3. The topological polar surface area (TPSA) is 45.8 Å². The predicted octanol–water partition coefficient (Wildman–Crippen LogP) is -1.33. The molecule has 148 valence electrons. The van der Waals surface area contributed by atoms with Crippen molar-refractivity contribution in [3.05, 3.63) is 35.9 Å². The van der Waals surface area contributed by atoms with Gasteiger partial charge in [0.05, 0.1) is 59.9 Å². The number of benzene rings is 1. The molecule has 1 heterocycles. The van der Waals surface area contributed by atoms with Crippen LogP contribution in [0.15, 0.2) is 30.3 Å². The van der Waals surface area contributed by atoms with Gasteiger partial charge in [0.2, 0.25) is 0 Å². The number of hydrogen-bond donors (Lipinski definition) is 2. The molecule has 6 nitrogen and oxygen atoms in total. The van der Waals surface area contributed by atoms with Gasteiger partial charge in [-0.1, -0.05) is 30.3 Å². The van der Waals surface area contributed by atoms with E-state index in [9.17, 15) is 0 Å². The lowest BCUT2D eigenvalue weighted by Gasteiger charge is -2.20. The fraction of sp³-hybridized carbons (Fsp3) is 0.700. The van der Waals surface area contributed by atoms with Crippen molar-refractivity contribution in [1.29, 1.82) is 0 Å². The lowest BCUT2D eigenvalue weighted by atomic mass is 10.2. The average Bonchev–Trinajstić information content (AvgIpc) is 2.65. The second kappa shape index (κ2) is 14.1. The summed E-state index contributed by atoms with van der Waals surface area (Å²) in [6.45, 7) is 10.6. The highest BCUT2D eigenvalue weighted by atomic mass is 16.5. The quantitative estimate of drug-likeness (QED) is 0.679. The van der Waals surface area contributed by atoms with Crippen LogP contribution < -0.4 is 9.80 Å². The molecule has 6 heteroatoms. The maximum absolute atomic E-state index is 5.76. The Morgan fingerprint density at radius 2 is 1.12 bits per heavy atom. The molecule has 0 unspecified atom stereocenters. The molecule has 1 fully saturated rings. The first-order valence-electron chi connectivity index (χ1n) is 9.84. The SMILES string of the molecule is C[NH+]1CCOCCOCC[NH+](Cc2ccccc2)CCOCCOCC1. The van der Waals surface area contributed by atoms with Crippen molar-refractivity contribution in [2.24, 2.45) is 0 Å². The van der Waals surface area contributed by atoms with Crippen LogP contribution in [0.5, 0.6) is 0 Å². The van der Waals surface area contributed by atoms with Crippen LogP contribution in [0, 0.1) is 0 Å². The average molecular weight is 369 g/mol. The van der Waals surface area contributed by atoms with Crippen molar-refractivity contribution in [1.82, 2.24) is 0 Å². The summed E-state index contributed by atoms with van der Waals surface area (Å²) >= 11 is 0. The first kappa shape index (κ1) is 21.3. The van der Waals surface area contributed by atoms with Crippen molar-refractivity contribution in [2.45, 2.75) is 6.54 Å². The number of likely N-dealkylation sites (N-methyl/N-ethyl adjacent to an activating group) is 1. The Labute approximate surface area is 158 Å². The molecule has 1 aromatic carbocycles. The van der Waals surface area contributed by atoms with Gasteiger partial charge < -0.3 is 28.7 Å². The largest absolute Gasteiger partial charge is 0.373 e. The molecule has 0 atom stereocenters. The summed E-state index contributed by atoms with van der Waals surface area (Å²) in [5, 5.41) is 0. The molecule has 0 aliphatic carbocycles. The molecule has 1 aromatic rings. The van der Waals surface area contributed by atoms with Crippen molar-refractivity contribution in [3.8, 4) is 0 Å². The van der Waals surface area contributed by atoms with E-state index in [4.69, 9.17) is 18.9 Å². The number of rotatable bonds is 2. The summed E-state index contributed by atoms with van der Waals surface area (Å²) in [7, 11) is 2.17. The molecule has 26 heavy (non-hydrogen) atoms. The minimum atomic E-state index is 0.664. The molecule has 1 saturated heterocycles. The highest BCUT2D eigenvalue weighted by Gasteiger charge is 2.10. The molecule has 2 rings (SSSR count). The molecule has 0 radical (unpaired) electrons. The van der Waals surface area contributed by atoms with E-state index in [1.165, 1.54) is 15.4 Å². The van der Waals surface area contributed by atoms with Crippen LogP contribution >= 0.6 is 0 Å². The Morgan fingerprint density at radius 3 is 1.62 bits per heavy atom. The fourth-order valence-corrected chi connectivity index (χ4v) is 2.88. The summed E-state index contributed by atoms with van der Waals surface area (Å²) in [6, 6.07) is 10.6. The predicted molar refractivity (Wildman–Crippen MR) is 101 cm³/mol. The van der Waals surface area contributed by atoms with Gasteiger partial charge in [0.1, 0.15) is 32.7 Å². The van der Waals surface area contributed by atoms with E-state index in [-0.39, 0.29) is 0 Å². The third kappa shape index (κ3) is 10.2. The van der Waals surface area contributed by atoms with Crippen molar-refractivity contribution >= 4 is 0 Å². The van der Waals surface area contributed by atoms with E-state index < -0.39 is 0 Å². The smallest absolute Gasteiger partial charge is 0.103 e. The van der Waals surface area contributed by atoms with Crippen molar-refractivity contribution < 1.29 is 28.7 Å². The summed E-state index contributed by atoms with van der Waals surface area (Å²) in [6.07, 6.45) is 0. The Kier molecular flexibility index (Phi) is 11.5. The van der Waals surface area contributed by atoms with Crippen molar-refractivity contribution in [2.75, 3.05) is 86.1 Å². The van der Waals surface area contributed by atoms with E-state index in [1.54, 1.807) is 0 Å². The summed E-state index contributed by atoms with van der Waals surface area (Å²) in [5.41, 5.74) is 1.35. The number of quaternary nitrogens is 2. The third-order valence-corrected chi connectivity index (χ3v) is 4.59. The van der Waals surface area contributed by atoms with Crippen LogP contribution in [0.1, 0.15) is 5.56 Å². The molecular formula is C20H36N2O4+2. The standard InChI is InChI=1S/C20H34N2O4/c1-21-7-11-23-15-17-25-13-9-22(19-20-5-3-2-4-6-20)10-14-26-18-16-24-12-8-21/h2-6H,7-19H2,1H3/p+2. The normalized spacial score (nSPS) is 25.9. The van der Waals surface area contributed by atoms with Gasteiger partial charge in [0, 0.05) is 5.56 Å². The third-order valence-electron chi connectivity index (χ3n) is 4.59. The van der Waals surface area contributed by atoms with Crippen molar-refractivity contribution in [3.63, 3.8) is 0 Å². The molecule has 0 saturated carbocycles. The Bertz CT molecular complexity index is 427. The second-order valence-corrected chi connectivity index (χ2v) is 6.82. The number of ether oxygens (including phenoxy) is 4. The molecule has 0 spiro atoms. The van der Waals surface area contributed by atoms with Crippen LogP contribution in [-0.2, 0) is 25.5 Å². The molecule has 0 amide bonds. The first-order chi connectivity index (χ1) is 12.8. The van der Waals surface area contributed by atoms with E-state index in [1.807, 2.05) is 0 Å². The lowest BCUT2D eigenvalue weighted by molar-refractivity contribution is -0.914. The summed E-state index contributed by atoms with van der Waals surface area (Å²) < 4.78 is 22.8. The van der Waals surface area contributed by atoms with Gasteiger partial charge in [-0.3, -0.25) is 0 Å². The number of nitrogens with one attached hydrogen (secondary N) is 2. The lowest BCUT2D eigenvalue weighted by Crippen LogP contribution is -3.11. The maximum Gasteiger partial charge on any atom is 0.103 e. The molecular weight excluding hydrogens is 332 g/mol. The van der Waals surface area contributed by atoms with Gasteiger partial charge in [0.15, 0.2) is 0 Å². The Hall–Kier alpha value is -1.02. The van der Waals surface area contributed by atoms with Crippen LogP contribution in [0.25, 0.3) is 0 Å². The maximum atomic E-state index is 5.76. The van der Waals surface area contributed by atoms with Crippen LogP contribution in [-0.4, -0.2) is 86.1 Å². The highest BCUT2D eigenvalue weighted by molar-refractivity contribution is 5.13. The molecule has 1 aliphatic heterocycles. The van der Waals surface area contributed by atoms with Crippen LogP contribution in [0.4, 0.5) is 0 Å². The Morgan fingerprint density at radius 1 is 0.654 bits per heavy atom. The fourth-order valence-electron chi connectivity index (χ4n) is 2.88. The minimum absolute atomic E-state index is 0.664. The van der Waals surface area contributed by atoms with Gasteiger partial charge in [-0.2, -0.15) is 0 Å². The van der Waals surface area contributed by atoms with Crippen LogP contribution in [0.2, 0.25) is 0 Å². The minimum Gasteiger partial charge on any atom is -0.373 e. The highest BCUT2D eigenvalue weighted by Crippen LogP contribution is 1.95.